The minimum atomic E-state index is -0.501. The van der Waals surface area contributed by atoms with E-state index in [-0.39, 0.29) is 16.6 Å². The van der Waals surface area contributed by atoms with Gasteiger partial charge < -0.3 is 9.73 Å². The first-order chi connectivity index (χ1) is 9.95. The Kier molecular flexibility index (Phi) is 4.66. The molecule has 0 aliphatic heterocycles. The topological polar surface area (TPSA) is 97.4 Å². The Bertz CT molecular complexity index is 699. The van der Waals surface area contributed by atoms with E-state index >= 15 is 0 Å². The Morgan fingerprint density at radius 1 is 1.24 bits per heavy atom. The van der Waals surface area contributed by atoms with Crippen LogP contribution in [-0.4, -0.2) is 15.9 Å². The largest absolute Gasteiger partial charge is 0.444 e. The molecule has 21 heavy (non-hydrogen) atoms. The second kappa shape index (κ2) is 6.46. The summed E-state index contributed by atoms with van der Waals surface area (Å²) in [7, 11) is 0. The van der Waals surface area contributed by atoms with E-state index in [0.717, 1.165) is 0 Å². The summed E-state index contributed by atoms with van der Waals surface area (Å²) < 4.78 is 5.51. The van der Waals surface area contributed by atoms with E-state index in [1.165, 1.54) is 30.3 Å². The summed E-state index contributed by atoms with van der Waals surface area (Å²) in [5, 5.41) is 15.8. The molecule has 1 aromatic heterocycles. The number of hydrogen-bond donors (Lipinski definition) is 2. The molecule has 2 N–H and O–H groups in total. The third-order valence-electron chi connectivity index (χ3n) is 2.36. The SMILES string of the molecule is O=C(NC(=S)Nc1ccc([N+](=O)[O-])cc1)c1ccc(Br)o1. The summed E-state index contributed by atoms with van der Waals surface area (Å²) in [6.07, 6.45) is 0. The number of furan rings is 1. The van der Waals surface area contributed by atoms with Crippen molar-refractivity contribution in [2.75, 3.05) is 5.32 Å². The molecular weight excluding hydrogens is 362 g/mol. The molecule has 2 rings (SSSR count). The van der Waals surface area contributed by atoms with Crippen LogP contribution in [0.2, 0.25) is 0 Å². The molecule has 0 bridgehead atoms. The molecule has 1 amide bonds. The smallest absolute Gasteiger partial charge is 0.293 e. The van der Waals surface area contributed by atoms with E-state index in [2.05, 4.69) is 26.6 Å². The molecule has 0 aliphatic carbocycles. The minimum absolute atomic E-state index is 0.0315. The Morgan fingerprint density at radius 3 is 2.43 bits per heavy atom. The summed E-state index contributed by atoms with van der Waals surface area (Å²) in [5.74, 6) is -0.394. The van der Waals surface area contributed by atoms with Crippen molar-refractivity contribution in [3.63, 3.8) is 0 Å². The first-order valence-corrected chi connectivity index (χ1v) is 6.78. The van der Waals surface area contributed by atoms with Crippen LogP contribution in [0.3, 0.4) is 0 Å². The fourth-order valence-electron chi connectivity index (χ4n) is 1.43. The lowest BCUT2D eigenvalue weighted by Gasteiger charge is -2.08. The van der Waals surface area contributed by atoms with E-state index in [1.807, 2.05) is 0 Å². The van der Waals surface area contributed by atoms with Gasteiger partial charge in [0, 0.05) is 17.8 Å². The van der Waals surface area contributed by atoms with E-state index in [0.29, 0.717) is 10.4 Å². The molecule has 0 radical (unpaired) electrons. The number of carbonyl (C=O) groups is 1. The van der Waals surface area contributed by atoms with Crippen molar-refractivity contribution in [2.24, 2.45) is 0 Å². The Hall–Kier alpha value is -2.26. The van der Waals surface area contributed by atoms with Crippen LogP contribution in [-0.2, 0) is 0 Å². The van der Waals surface area contributed by atoms with Crippen LogP contribution in [0.25, 0.3) is 0 Å². The van der Waals surface area contributed by atoms with Gasteiger partial charge in [0.05, 0.1) is 4.92 Å². The summed E-state index contributed by atoms with van der Waals surface area (Å²) in [6.45, 7) is 0. The highest BCUT2D eigenvalue weighted by Crippen LogP contribution is 2.16. The summed E-state index contributed by atoms with van der Waals surface area (Å²) in [6, 6.07) is 8.71. The number of rotatable bonds is 3. The number of halogens is 1. The van der Waals surface area contributed by atoms with Gasteiger partial charge in [-0.1, -0.05) is 0 Å². The van der Waals surface area contributed by atoms with E-state index in [1.54, 1.807) is 6.07 Å². The lowest BCUT2D eigenvalue weighted by molar-refractivity contribution is -0.384. The average Bonchev–Trinajstić information content (AvgIpc) is 2.86. The molecular formula is C12H8BrN3O4S. The predicted molar refractivity (Wildman–Crippen MR) is 83.2 cm³/mol. The number of anilines is 1. The zero-order valence-corrected chi connectivity index (χ0v) is 12.7. The predicted octanol–water partition coefficient (Wildman–Crippen LogP) is 3.08. The van der Waals surface area contributed by atoms with Gasteiger partial charge in [-0.2, -0.15) is 0 Å². The number of non-ortho nitro benzene ring substituents is 1. The van der Waals surface area contributed by atoms with Crippen molar-refractivity contribution in [1.29, 1.82) is 0 Å². The molecule has 0 spiro atoms. The van der Waals surface area contributed by atoms with Crippen LogP contribution < -0.4 is 10.6 Å². The number of thiocarbonyl (C=S) groups is 1. The van der Waals surface area contributed by atoms with Crippen molar-refractivity contribution < 1.29 is 14.1 Å². The van der Waals surface area contributed by atoms with Crippen molar-refractivity contribution >= 4 is 50.5 Å². The van der Waals surface area contributed by atoms with E-state index in [9.17, 15) is 14.9 Å². The number of carbonyl (C=O) groups excluding carboxylic acids is 1. The Labute approximate surface area is 132 Å². The van der Waals surface area contributed by atoms with Crippen LogP contribution in [0, 0.1) is 10.1 Å². The van der Waals surface area contributed by atoms with Crippen LogP contribution in [0.15, 0.2) is 45.5 Å². The second-order valence-corrected chi connectivity index (χ2v) is 5.01. The van der Waals surface area contributed by atoms with Gasteiger partial charge in [-0.3, -0.25) is 20.2 Å². The Balaban J connectivity index is 1.95. The number of nitrogens with zero attached hydrogens (tertiary/aromatic N) is 1. The number of benzene rings is 1. The van der Waals surface area contributed by atoms with Crippen LogP contribution in [0.1, 0.15) is 10.6 Å². The van der Waals surface area contributed by atoms with Crippen LogP contribution in [0.4, 0.5) is 11.4 Å². The molecule has 0 saturated heterocycles. The zero-order chi connectivity index (χ0) is 15.4. The van der Waals surface area contributed by atoms with Gasteiger partial charge >= 0.3 is 0 Å². The molecule has 1 heterocycles. The highest BCUT2D eigenvalue weighted by molar-refractivity contribution is 9.10. The lowest BCUT2D eigenvalue weighted by Crippen LogP contribution is -2.33. The van der Waals surface area contributed by atoms with Crippen LogP contribution in [0.5, 0.6) is 0 Å². The van der Waals surface area contributed by atoms with Gasteiger partial charge in [-0.05, 0) is 52.4 Å². The first kappa shape index (κ1) is 15.1. The van der Waals surface area contributed by atoms with Gasteiger partial charge in [0.15, 0.2) is 15.5 Å². The normalized spacial score (nSPS) is 9.95. The fraction of sp³-hybridized carbons (Fsp3) is 0. The maximum absolute atomic E-state index is 11.8. The second-order valence-electron chi connectivity index (χ2n) is 3.82. The van der Waals surface area contributed by atoms with Gasteiger partial charge in [-0.15, -0.1) is 0 Å². The molecule has 1 aromatic carbocycles. The maximum atomic E-state index is 11.8. The third kappa shape index (κ3) is 4.10. The maximum Gasteiger partial charge on any atom is 0.293 e. The number of nitro benzene ring substituents is 1. The number of nitro groups is 1. The molecule has 0 aliphatic rings. The molecule has 7 nitrogen and oxygen atoms in total. The average molecular weight is 370 g/mol. The lowest BCUT2D eigenvalue weighted by atomic mass is 10.3. The minimum Gasteiger partial charge on any atom is -0.444 e. The Morgan fingerprint density at radius 2 is 1.90 bits per heavy atom. The van der Waals surface area contributed by atoms with Crippen LogP contribution >= 0.6 is 28.1 Å². The number of nitrogens with one attached hydrogen (secondary N) is 2. The third-order valence-corrected chi connectivity index (χ3v) is 2.99. The fourth-order valence-corrected chi connectivity index (χ4v) is 1.95. The van der Waals surface area contributed by atoms with Crippen molar-refractivity contribution in [3.05, 3.63) is 56.9 Å². The van der Waals surface area contributed by atoms with Crippen molar-refractivity contribution in [1.82, 2.24) is 5.32 Å². The molecule has 0 saturated carbocycles. The van der Waals surface area contributed by atoms with Gasteiger partial charge in [-0.25, -0.2) is 0 Å². The van der Waals surface area contributed by atoms with Crippen molar-refractivity contribution in [3.8, 4) is 0 Å². The highest BCUT2D eigenvalue weighted by Gasteiger charge is 2.12. The molecule has 2 aromatic rings. The monoisotopic (exact) mass is 369 g/mol. The number of amides is 1. The molecule has 9 heteroatoms. The quantitative estimate of drug-likeness (QED) is 0.490. The van der Waals surface area contributed by atoms with E-state index < -0.39 is 10.8 Å². The zero-order valence-electron chi connectivity index (χ0n) is 10.3. The summed E-state index contributed by atoms with van der Waals surface area (Å²) in [4.78, 5) is 21.8. The molecule has 108 valence electrons. The number of hydrogen-bond acceptors (Lipinski definition) is 5. The molecule has 0 fully saturated rings. The van der Waals surface area contributed by atoms with E-state index in [4.69, 9.17) is 16.6 Å². The summed E-state index contributed by atoms with van der Waals surface area (Å²) >= 11 is 8.06. The standard InChI is InChI=1S/C12H8BrN3O4S/c13-10-6-5-9(20-10)11(17)15-12(21)14-7-1-3-8(4-2-7)16(18)19/h1-6H,(H2,14,15,17,21). The first-order valence-electron chi connectivity index (χ1n) is 5.58. The summed E-state index contributed by atoms with van der Waals surface area (Å²) in [5.41, 5.74) is 0.488. The molecule has 0 unspecified atom stereocenters. The van der Waals surface area contributed by atoms with Gasteiger partial charge in [0.25, 0.3) is 11.6 Å². The van der Waals surface area contributed by atoms with Gasteiger partial charge in [0.2, 0.25) is 0 Å². The highest BCUT2D eigenvalue weighted by atomic mass is 79.9. The van der Waals surface area contributed by atoms with Crippen molar-refractivity contribution in [2.45, 2.75) is 0 Å². The van der Waals surface area contributed by atoms with Gasteiger partial charge in [0.1, 0.15) is 0 Å². The molecule has 0 atom stereocenters.